The summed E-state index contributed by atoms with van der Waals surface area (Å²) in [5.41, 5.74) is 2.17. The number of carbonyl (C=O) groups is 1. The van der Waals surface area contributed by atoms with Crippen LogP contribution in [0, 0.1) is 0 Å². The van der Waals surface area contributed by atoms with E-state index in [-0.39, 0.29) is 5.91 Å². The van der Waals surface area contributed by atoms with E-state index in [1.807, 2.05) is 43.3 Å². The number of hydrogen-bond donors (Lipinski definition) is 0. The van der Waals surface area contributed by atoms with Gasteiger partial charge in [-0.25, -0.2) is 9.75 Å². The molecule has 0 aliphatic rings. The second-order valence-electron chi connectivity index (χ2n) is 4.21. The quantitative estimate of drug-likeness (QED) is 0.798. The van der Waals surface area contributed by atoms with E-state index in [0.29, 0.717) is 5.69 Å². The van der Waals surface area contributed by atoms with Crippen molar-refractivity contribution < 1.29 is 9.63 Å². The fourth-order valence-electron chi connectivity index (χ4n) is 1.74. The zero-order valence-corrected chi connectivity index (χ0v) is 11.6. The first-order chi connectivity index (χ1) is 9.63. The molecule has 1 amide bonds. The summed E-state index contributed by atoms with van der Waals surface area (Å²) in [5, 5.41) is 8.87. The highest BCUT2D eigenvalue weighted by Crippen LogP contribution is 2.13. The first-order valence-corrected chi connectivity index (χ1v) is 6.10. The smallest absolute Gasteiger partial charge is 0.274 e. The van der Waals surface area contributed by atoms with E-state index in [0.717, 1.165) is 16.3 Å². The molecule has 1 heterocycles. The molecule has 0 saturated carbocycles. The van der Waals surface area contributed by atoms with Gasteiger partial charge in [0.05, 0.1) is 13.3 Å². The summed E-state index contributed by atoms with van der Waals surface area (Å²) in [5.74, 6) is -0.307. The van der Waals surface area contributed by atoms with Crippen molar-refractivity contribution in [2.75, 3.05) is 14.2 Å². The van der Waals surface area contributed by atoms with Gasteiger partial charge in [-0.1, -0.05) is 35.5 Å². The van der Waals surface area contributed by atoms with Crippen LogP contribution in [-0.2, 0) is 4.84 Å². The fraction of sp³-hybridized carbons (Fsp3) is 0.214. The predicted octanol–water partition coefficient (Wildman–Crippen LogP) is 1.93. The number of aromatic nitrogens is 3. The van der Waals surface area contributed by atoms with E-state index in [1.165, 1.54) is 25.0 Å². The number of hydroxylamine groups is 2. The van der Waals surface area contributed by atoms with Crippen molar-refractivity contribution in [3.05, 3.63) is 47.8 Å². The van der Waals surface area contributed by atoms with Gasteiger partial charge < -0.3 is 0 Å². The molecule has 0 N–H and O–H groups in total. The summed E-state index contributed by atoms with van der Waals surface area (Å²) in [7, 11) is 2.97. The highest BCUT2D eigenvalue weighted by atomic mass is 16.7. The Morgan fingerprint density at radius 3 is 2.70 bits per heavy atom. The molecule has 0 atom stereocenters. The lowest BCUT2D eigenvalue weighted by Crippen LogP contribution is -2.27. The lowest BCUT2D eigenvalue weighted by atomic mass is 10.2. The third-order valence-corrected chi connectivity index (χ3v) is 2.84. The molecule has 0 spiro atoms. The molecule has 0 bridgehead atoms. The van der Waals surface area contributed by atoms with E-state index in [1.54, 1.807) is 0 Å². The van der Waals surface area contributed by atoms with Crippen molar-refractivity contribution in [3.63, 3.8) is 0 Å². The maximum absolute atomic E-state index is 12.1. The van der Waals surface area contributed by atoms with Gasteiger partial charge in [-0.2, -0.15) is 0 Å². The molecule has 6 nitrogen and oxygen atoms in total. The van der Waals surface area contributed by atoms with Crippen LogP contribution in [0.4, 0.5) is 0 Å². The summed E-state index contributed by atoms with van der Waals surface area (Å²) in [6, 6.07) is 9.80. The van der Waals surface area contributed by atoms with Gasteiger partial charge in [0.1, 0.15) is 0 Å². The van der Waals surface area contributed by atoms with Gasteiger partial charge in [0.25, 0.3) is 5.91 Å². The number of rotatable bonds is 4. The summed E-state index contributed by atoms with van der Waals surface area (Å²) in [6.07, 6.45) is 3.35. The molecule has 1 aromatic carbocycles. The van der Waals surface area contributed by atoms with Gasteiger partial charge in [-0.15, -0.1) is 5.10 Å². The Labute approximate surface area is 117 Å². The largest absolute Gasteiger partial charge is 0.297 e. The van der Waals surface area contributed by atoms with Gasteiger partial charge in [0.2, 0.25) is 0 Å². The molecule has 0 aliphatic carbocycles. The summed E-state index contributed by atoms with van der Waals surface area (Å²) in [6.45, 7) is 1.87. The first kappa shape index (κ1) is 14.0. The van der Waals surface area contributed by atoms with E-state index in [4.69, 9.17) is 4.84 Å². The minimum atomic E-state index is -0.307. The molecule has 1 aromatic heterocycles. The predicted molar refractivity (Wildman–Crippen MR) is 75.4 cm³/mol. The lowest BCUT2D eigenvalue weighted by Gasteiger charge is -2.14. The molecule has 2 rings (SSSR count). The van der Waals surface area contributed by atoms with E-state index in [2.05, 4.69) is 10.3 Å². The second kappa shape index (κ2) is 6.12. The molecule has 0 saturated heterocycles. The molecule has 0 fully saturated rings. The maximum Gasteiger partial charge on any atom is 0.297 e. The molecule has 6 heteroatoms. The average Bonchev–Trinajstić information content (AvgIpc) is 2.96. The van der Waals surface area contributed by atoms with Crippen molar-refractivity contribution in [3.8, 4) is 0 Å². The van der Waals surface area contributed by atoms with Crippen molar-refractivity contribution >= 4 is 17.7 Å². The van der Waals surface area contributed by atoms with Gasteiger partial charge in [0, 0.05) is 12.7 Å². The van der Waals surface area contributed by atoms with Crippen LogP contribution in [0.2, 0.25) is 0 Å². The van der Waals surface area contributed by atoms with Gasteiger partial charge in [-0.05, 0) is 18.6 Å². The minimum absolute atomic E-state index is 0.307. The average molecular weight is 272 g/mol. The van der Waals surface area contributed by atoms with E-state index < -0.39 is 0 Å². The molecule has 20 heavy (non-hydrogen) atoms. The summed E-state index contributed by atoms with van der Waals surface area (Å²) >= 11 is 0. The van der Waals surface area contributed by atoms with Crippen LogP contribution in [0.15, 0.2) is 36.5 Å². The highest BCUT2D eigenvalue weighted by Gasteiger charge is 2.18. The Morgan fingerprint density at radius 1 is 1.35 bits per heavy atom. The zero-order chi connectivity index (χ0) is 14.5. The fourth-order valence-corrected chi connectivity index (χ4v) is 1.74. The Kier molecular flexibility index (Phi) is 4.27. The first-order valence-electron chi connectivity index (χ1n) is 6.10. The van der Waals surface area contributed by atoms with Crippen LogP contribution in [-0.4, -0.2) is 40.1 Å². The molecular weight excluding hydrogens is 256 g/mol. The van der Waals surface area contributed by atoms with Crippen LogP contribution in [0.5, 0.6) is 0 Å². The Bertz CT molecular complexity index is 619. The van der Waals surface area contributed by atoms with Gasteiger partial charge >= 0.3 is 0 Å². The van der Waals surface area contributed by atoms with Crippen LogP contribution in [0.1, 0.15) is 23.0 Å². The van der Waals surface area contributed by atoms with Crippen LogP contribution in [0.25, 0.3) is 11.8 Å². The maximum atomic E-state index is 12.1. The summed E-state index contributed by atoms with van der Waals surface area (Å²) < 4.78 is 1.49. The van der Waals surface area contributed by atoms with Gasteiger partial charge in [-0.3, -0.25) is 9.63 Å². The Hall–Kier alpha value is -2.47. The third-order valence-electron chi connectivity index (χ3n) is 2.84. The van der Waals surface area contributed by atoms with Crippen LogP contribution >= 0.6 is 0 Å². The topological polar surface area (TPSA) is 60.2 Å². The van der Waals surface area contributed by atoms with E-state index in [9.17, 15) is 4.79 Å². The van der Waals surface area contributed by atoms with Crippen LogP contribution < -0.4 is 0 Å². The number of benzene rings is 1. The third kappa shape index (κ3) is 2.92. The van der Waals surface area contributed by atoms with Crippen molar-refractivity contribution in [2.24, 2.45) is 0 Å². The molecular formula is C14H16N4O2. The SMILES string of the molecule is CON(C)C(=O)c1cnnn1C(C)=Cc1ccccc1. The summed E-state index contributed by atoms with van der Waals surface area (Å²) in [4.78, 5) is 17.0. The van der Waals surface area contributed by atoms with Crippen molar-refractivity contribution in [1.29, 1.82) is 0 Å². The Balaban J connectivity index is 2.33. The minimum Gasteiger partial charge on any atom is -0.274 e. The standard InChI is InChI=1S/C14H16N4O2/c1-11(9-12-7-5-4-6-8-12)18-13(10-15-16-18)14(19)17(2)20-3/h4-10H,1-3H3. The monoisotopic (exact) mass is 272 g/mol. The molecule has 2 aromatic rings. The number of nitrogens with zero attached hydrogens (tertiary/aromatic N) is 4. The molecule has 0 radical (unpaired) electrons. The van der Waals surface area contributed by atoms with E-state index >= 15 is 0 Å². The normalized spacial score (nSPS) is 11.4. The number of hydrogen-bond acceptors (Lipinski definition) is 4. The number of carbonyl (C=O) groups excluding carboxylic acids is 1. The zero-order valence-electron chi connectivity index (χ0n) is 11.6. The van der Waals surface area contributed by atoms with Crippen molar-refractivity contribution in [2.45, 2.75) is 6.92 Å². The highest BCUT2D eigenvalue weighted by molar-refractivity contribution is 5.92. The molecule has 0 aliphatic heterocycles. The van der Waals surface area contributed by atoms with Gasteiger partial charge in [0.15, 0.2) is 5.69 Å². The number of allylic oxidation sites excluding steroid dienone is 1. The number of amides is 1. The second-order valence-corrected chi connectivity index (χ2v) is 4.21. The molecule has 104 valence electrons. The lowest BCUT2D eigenvalue weighted by molar-refractivity contribution is -0.0762. The molecule has 0 unspecified atom stereocenters. The van der Waals surface area contributed by atoms with Crippen molar-refractivity contribution in [1.82, 2.24) is 20.1 Å². The van der Waals surface area contributed by atoms with Crippen LogP contribution in [0.3, 0.4) is 0 Å². The Morgan fingerprint density at radius 2 is 2.05 bits per heavy atom.